The van der Waals surface area contributed by atoms with Crippen molar-refractivity contribution in [1.29, 1.82) is 0 Å². The summed E-state index contributed by atoms with van der Waals surface area (Å²) in [6.07, 6.45) is 9.84. The molecule has 0 spiro atoms. The third kappa shape index (κ3) is 3.45. The zero-order valence-corrected chi connectivity index (χ0v) is 11.5. The predicted octanol–water partition coefficient (Wildman–Crippen LogP) is 3.10. The lowest BCUT2D eigenvalue weighted by Gasteiger charge is -2.37. The number of hydrogen-bond donors (Lipinski definition) is 2. The molecule has 0 bridgehead atoms. The van der Waals surface area contributed by atoms with Crippen LogP contribution in [0.5, 0.6) is 0 Å². The minimum Gasteiger partial charge on any atom is -0.389 e. The van der Waals surface area contributed by atoms with Crippen LogP contribution in [-0.2, 0) is 0 Å². The Morgan fingerprint density at radius 1 is 1.12 bits per heavy atom. The van der Waals surface area contributed by atoms with Crippen LogP contribution in [0, 0.1) is 11.8 Å². The van der Waals surface area contributed by atoms with Crippen LogP contribution in [0.2, 0.25) is 0 Å². The Labute approximate surface area is 106 Å². The molecule has 2 fully saturated rings. The monoisotopic (exact) mass is 239 g/mol. The van der Waals surface area contributed by atoms with Crippen molar-refractivity contribution in [1.82, 2.24) is 5.32 Å². The molecule has 0 saturated heterocycles. The van der Waals surface area contributed by atoms with E-state index in [-0.39, 0.29) is 5.60 Å². The first-order valence-electron chi connectivity index (χ1n) is 7.56. The van der Waals surface area contributed by atoms with Gasteiger partial charge in [-0.1, -0.05) is 39.5 Å². The molecule has 2 N–H and O–H groups in total. The van der Waals surface area contributed by atoms with Gasteiger partial charge in [-0.15, -0.1) is 0 Å². The minimum absolute atomic E-state index is 0.390. The summed E-state index contributed by atoms with van der Waals surface area (Å²) in [6, 6.07) is 0.647. The van der Waals surface area contributed by atoms with Crippen LogP contribution in [0.25, 0.3) is 0 Å². The number of hydrogen-bond acceptors (Lipinski definition) is 2. The SMILES string of the molecule is CC(C)C1CCCCC1NCC1(O)CCCC1. The summed E-state index contributed by atoms with van der Waals surface area (Å²) in [4.78, 5) is 0. The lowest BCUT2D eigenvalue weighted by Crippen LogP contribution is -2.47. The summed E-state index contributed by atoms with van der Waals surface area (Å²) in [7, 11) is 0. The summed E-state index contributed by atoms with van der Waals surface area (Å²) in [6.45, 7) is 5.50. The Bertz CT molecular complexity index is 233. The average Bonchev–Trinajstić information content (AvgIpc) is 2.74. The van der Waals surface area contributed by atoms with Crippen LogP contribution in [0.15, 0.2) is 0 Å². The van der Waals surface area contributed by atoms with E-state index in [1.54, 1.807) is 0 Å². The molecule has 0 aromatic carbocycles. The van der Waals surface area contributed by atoms with Crippen molar-refractivity contribution >= 4 is 0 Å². The Morgan fingerprint density at radius 3 is 2.41 bits per heavy atom. The van der Waals surface area contributed by atoms with Crippen molar-refractivity contribution in [3.8, 4) is 0 Å². The molecule has 2 unspecified atom stereocenters. The van der Waals surface area contributed by atoms with E-state index in [0.29, 0.717) is 6.04 Å². The normalized spacial score (nSPS) is 33.2. The van der Waals surface area contributed by atoms with Gasteiger partial charge in [0.25, 0.3) is 0 Å². The van der Waals surface area contributed by atoms with Crippen LogP contribution < -0.4 is 5.32 Å². The Hall–Kier alpha value is -0.0800. The average molecular weight is 239 g/mol. The fourth-order valence-corrected chi connectivity index (χ4v) is 3.74. The van der Waals surface area contributed by atoms with E-state index in [9.17, 15) is 5.11 Å². The van der Waals surface area contributed by atoms with Crippen molar-refractivity contribution in [2.45, 2.75) is 76.9 Å². The molecule has 2 heteroatoms. The maximum Gasteiger partial charge on any atom is 0.0771 e. The molecule has 2 aliphatic carbocycles. The van der Waals surface area contributed by atoms with Gasteiger partial charge in [-0.05, 0) is 37.5 Å². The van der Waals surface area contributed by atoms with Gasteiger partial charge in [0.2, 0.25) is 0 Å². The third-order valence-corrected chi connectivity index (χ3v) is 4.90. The highest BCUT2D eigenvalue weighted by atomic mass is 16.3. The zero-order chi connectivity index (χ0) is 12.3. The van der Waals surface area contributed by atoms with Crippen molar-refractivity contribution in [3.63, 3.8) is 0 Å². The lowest BCUT2D eigenvalue weighted by atomic mass is 9.77. The van der Waals surface area contributed by atoms with Gasteiger partial charge in [-0.3, -0.25) is 0 Å². The molecule has 0 heterocycles. The Morgan fingerprint density at radius 2 is 1.76 bits per heavy atom. The summed E-state index contributed by atoms with van der Waals surface area (Å²) in [5, 5.41) is 14.1. The number of rotatable bonds is 4. The van der Waals surface area contributed by atoms with Crippen molar-refractivity contribution in [2.75, 3.05) is 6.54 Å². The van der Waals surface area contributed by atoms with Gasteiger partial charge in [0.1, 0.15) is 0 Å². The highest BCUT2D eigenvalue weighted by molar-refractivity contribution is 4.90. The molecule has 0 aromatic heterocycles. The quantitative estimate of drug-likeness (QED) is 0.790. The highest BCUT2D eigenvalue weighted by Crippen LogP contribution is 2.32. The Kier molecular flexibility index (Phi) is 4.48. The topological polar surface area (TPSA) is 32.3 Å². The van der Waals surface area contributed by atoms with Crippen LogP contribution in [0.4, 0.5) is 0 Å². The van der Waals surface area contributed by atoms with E-state index >= 15 is 0 Å². The smallest absolute Gasteiger partial charge is 0.0771 e. The molecule has 2 atom stereocenters. The highest BCUT2D eigenvalue weighted by Gasteiger charge is 2.33. The first-order chi connectivity index (χ1) is 8.11. The van der Waals surface area contributed by atoms with E-state index in [2.05, 4.69) is 19.2 Å². The predicted molar refractivity (Wildman–Crippen MR) is 72.0 cm³/mol. The maximum absolute atomic E-state index is 10.4. The lowest BCUT2D eigenvalue weighted by molar-refractivity contribution is 0.0384. The van der Waals surface area contributed by atoms with Crippen LogP contribution >= 0.6 is 0 Å². The van der Waals surface area contributed by atoms with Gasteiger partial charge in [0.05, 0.1) is 5.60 Å². The molecular formula is C15H29NO. The second-order valence-corrected chi connectivity index (χ2v) is 6.61. The molecule has 2 rings (SSSR count). The molecular weight excluding hydrogens is 210 g/mol. The van der Waals surface area contributed by atoms with Gasteiger partial charge in [-0.2, -0.15) is 0 Å². The summed E-state index contributed by atoms with van der Waals surface area (Å²) < 4.78 is 0. The summed E-state index contributed by atoms with van der Waals surface area (Å²) in [5.41, 5.74) is -0.390. The van der Waals surface area contributed by atoms with E-state index in [1.807, 2.05) is 0 Å². The van der Waals surface area contributed by atoms with Crippen LogP contribution in [0.1, 0.15) is 65.2 Å². The zero-order valence-electron chi connectivity index (χ0n) is 11.5. The summed E-state index contributed by atoms with van der Waals surface area (Å²) in [5.74, 6) is 1.58. The van der Waals surface area contributed by atoms with Crippen LogP contribution in [-0.4, -0.2) is 23.3 Å². The molecule has 0 aliphatic heterocycles. The number of aliphatic hydroxyl groups is 1. The van der Waals surface area contributed by atoms with Gasteiger partial charge >= 0.3 is 0 Å². The molecule has 2 nitrogen and oxygen atoms in total. The second kappa shape index (κ2) is 5.71. The molecule has 2 saturated carbocycles. The molecule has 17 heavy (non-hydrogen) atoms. The first kappa shape index (κ1) is 13.4. The standard InChI is InChI=1S/C15H29NO/c1-12(2)13-7-3-4-8-14(13)16-11-15(17)9-5-6-10-15/h12-14,16-17H,3-11H2,1-2H3. The van der Waals surface area contributed by atoms with Crippen LogP contribution in [0.3, 0.4) is 0 Å². The molecule has 0 radical (unpaired) electrons. The molecule has 2 aliphatic rings. The summed E-state index contributed by atoms with van der Waals surface area (Å²) >= 11 is 0. The molecule has 0 amide bonds. The second-order valence-electron chi connectivity index (χ2n) is 6.61. The van der Waals surface area contributed by atoms with Crippen molar-refractivity contribution in [3.05, 3.63) is 0 Å². The largest absolute Gasteiger partial charge is 0.389 e. The number of nitrogens with one attached hydrogen (secondary N) is 1. The van der Waals surface area contributed by atoms with Gasteiger partial charge in [0.15, 0.2) is 0 Å². The van der Waals surface area contributed by atoms with Gasteiger partial charge < -0.3 is 10.4 Å². The van der Waals surface area contributed by atoms with E-state index < -0.39 is 0 Å². The Balaban J connectivity index is 1.83. The van der Waals surface area contributed by atoms with Crippen molar-refractivity contribution < 1.29 is 5.11 Å². The third-order valence-electron chi connectivity index (χ3n) is 4.90. The fourth-order valence-electron chi connectivity index (χ4n) is 3.74. The van der Waals surface area contributed by atoms with Gasteiger partial charge in [0, 0.05) is 12.6 Å². The van der Waals surface area contributed by atoms with E-state index in [4.69, 9.17) is 0 Å². The molecule has 100 valence electrons. The van der Waals surface area contributed by atoms with E-state index in [0.717, 1.165) is 31.2 Å². The van der Waals surface area contributed by atoms with Gasteiger partial charge in [-0.25, -0.2) is 0 Å². The molecule has 0 aromatic rings. The van der Waals surface area contributed by atoms with Crippen molar-refractivity contribution in [2.24, 2.45) is 11.8 Å². The van der Waals surface area contributed by atoms with E-state index in [1.165, 1.54) is 38.5 Å². The fraction of sp³-hybridized carbons (Fsp3) is 1.00. The maximum atomic E-state index is 10.4. The first-order valence-corrected chi connectivity index (χ1v) is 7.56. The minimum atomic E-state index is -0.390.